The standard InChI is InChI=1S/C13H18FNO.C2H2O4/c1-13(2,9-15(3)4)12(16)10-5-7-11(14)8-6-10;3-1(4)2(5)6/h5-8H,9H2,1-4H3;(H,3,4)(H,5,6). The van der Waals surface area contributed by atoms with Crippen molar-refractivity contribution in [1.29, 1.82) is 0 Å². The van der Waals surface area contributed by atoms with E-state index in [0.29, 0.717) is 12.1 Å². The molecular weight excluding hydrogens is 293 g/mol. The molecule has 1 aromatic carbocycles. The molecule has 0 aliphatic rings. The predicted molar refractivity (Wildman–Crippen MR) is 78.3 cm³/mol. The van der Waals surface area contributed by atoms with E-state index in [2.05, 4.69) is 0 Å². The first kappa shape index (κ1) is 19.7. The molecule has 0 amide bonds. The monoisotopic (exact) mass is 313 g/mol. The summed E-state index contributed by atoms with van der Waals surface area (Å²) in [7, 11) is 3.86. The van der Waals surface area contributed by atoms with E-state index >= 15 is 0 Å². The number of halogens is 1. The molecule has 0 aliphatic heterocycles. The van der Waals surface area contributed by atoms with Crippen LogP contribution in [0, 0.1) is 11.2 Å². The summed E-state index contributed by atoms with van der Waals surface area (Å²) in [5.41, 5.74) is 0.106. The third-order valence-electron chi connectivity index (χ3n) is 2.62. The Kier molecular flexibility index (Phi) is 7.38. The van der Waals surface area contributed by atoms with Gasteiger partial charge in [-0.25, -0.2) is 14.0 Å². The summed E-state index contributed by atoms with van der Waals surface area (Å²) in [5, 5.41) is 14.8. The van der Waals surface area contributed by atoms with Gasteiger partial charge in [-0.3, -0.25) is 4.79 Å². The van der Waals surface area contributed by atoms with Gasteiger partial charge in [-0.15, -0.1) is 0 Å². The number of ketones is 1. The average molecular weight is 313 g/mol. The van der Waals surface area contributed by atoms with Gasteiger partial charge in [0, 0.05) is 17.5 Å². The predicted octanol–water partition coefficient (Wildman–Crippen LogP) is 1.75. The molecular formula is C15H20FNO5. The van der Waals surface area contributed by atoms with Crippen LogP contribution in [-0.2, 0) is 9.59 Å². The Morgan fingerprint density at radius 2 is 1.45 bits per heavy atom. The van der Waals surface area contributed by atoms with Crippen LogP contribution in [0.5, 0.6) is 0 Å². The maximum atomic E-state index is 12.7. The molecule has 0 unspecified atom stereocenters. The van der Waals surface area contributed by atoms with Gasteiger partial charge in [-0.05, 0) is 38.4 Å². The van der Waals surface area contributed by atoms with Gasteiger partial charge in [0.25, 0.3) is 0 Å². The first-order valence-electron chi connectivity index (χ1n) is 6.38. The molecule has 22 heavy (non-hydrogen) atoms. The van der Waals surface area contributed by atoms with Crippen molar-refractivity contribution >= 4 is 17.7 Å². The molecule has 0 radical (unpaired) electrons. The fourth-order valence-corrected chi connectivity index (χ4v) is 1.85. The van der Waals surface area contributed by atoms with Crippen molar-refractivity contribution in [3.63, 3.8) is 0 Å². The number of benzene rings is 1. The van der Waals surface area contributed by atoms with Gasteiger partial charge in [0.2, 0.25) is 0 Å². The number of rotatable bonds is 4. The van der Waals surface area contributed by atoms with E-state index in [1.807, 2.05) is 32.8 Å². The van der Waals surface area contributed by atoms with E-state index in [-0.39, 0.29) is 11.6 Å². The van der Waals surface area contributed by atoms with Crippen LogP contribution in [-0.4, -0.2) is 53.5 Å². The van der Waals surface area contributed by atoms with Crippen molar-refractivity contribution in [2.45, 2.75) is 13.8 Å². The molecule has 2 N–H and O–H groups in total. The molecule has 0 spiro atoms. The minimum absolute atomic E-state index is 0.0428. The smallest absolute Gasteiger partial charge is 0.414 e. The normalized spacial score (nSPS) is 10.6. The maximum Gasteiger partial charge on any atom is 0.414 e. The molecule has 122 valence electrons. The number of carbonyl (C=O) groups excluding carboxylic acids is 1. The van der Waals surface area contributed by atoms with Crippen molar-refractivity contribution in [3.8, 4) is 0 Å². The van der Waals surface area contributed by atoms with Gasteiger partial charge < -0.3 is 15.1 Å². The second-order valence-corrected chi connectivity index (χ2v) is 5.57. The first-order chi connectivity index (χ1) is 9.97. The van der Waals surface area contributed by atoms with Crippen LogP contribution in [0.3, 0.4) is 0 Å². The molecule has 0 aromatic heterocycles. The Labute approximate surface area is 128 Å². The number of hydrogen-bond donors (Lipinski definition) is 2. The number of carboxylic acid groups (broad SMARTS) is 2. The van der Waals surface area contributed by atoms with E-state index in [9.17, 15) is 9.18 Å². The SMILES string of the molecule is CN(C)CC(C)(C)C(=O)c1ccc(F)cc1.O=C(O)C(=O)O. The number of carboxylic acids is 2. The van der Waals surface area contributed by atoms with Crippen LogP contribution in [0.2, 0.25) is 0 Å². The summed E-state index contributed by atoms with van der Waals surface area (Å²) in [5.74, 6) is -3.92. The van der Waals surface area contributed by atoms with Gasteiger partial charge in [-0.2, -0.15) is 0 Å². The lowest BCUT2D eigenvalue weighted by Gasteiger charge is -2.26. The second kappa shape index (κ2) is 8.23. The Hall–Kier alpha value is -2.28. The molecule has 0 heterocycles. The highest BCUT2D eigenvalue weighted by Crippen LogP contribution is 2.22. The fourth-order valence-electron chi connectivity index (χ4n) is 1.85. The van der Waals surface area contributed by atoms with Crippen LogP contribution in [0.4, 0.5) is 4.39 Å². The van der Waals surface area contributed by atoms with Crippen LogP contribution in [0.15, 0.2) is 24.3 Å². The van der Waals surface area contributed by atoms with Crippen molar-refractivity contribution in [2.24, 2.45) is 5.41 Å². The summed E-state index contributed by atoms with van der Waals surface area (Å²) >= 11 is 0. The highest BCUT2D eigenvalue weighted by atomic mass is 19.1. The summed E-state index contributed by atoms with van der Waals surface area (Å²) in [6.07, 6.45) is 0. The summed E-state index contributed by atoms with van der Waals surface area (Å²) in [6, 6.07) is 5.71. The Morgan fingerprint density at radius 1 is 1.05 bits per heavy atom. The van der Waals surface area contributed by atoms with E-state index in [4.69, 9.17) is 19.8 Å². The van der Waals surface area contributed by atoms with Crippen molar-refractivity contribution in [2.75, 3.05) is 20.6 Å². The molecule has 1 aromatic rings. The van der Waals surface area contributed by atoms with E-state index in [0.717, 1.165) is 0 Å². The molecule has 0 atom stereocenters. The quantitative estimate of drug-likeness (QED) is 0.649. The van der Waals surface area contributed by atoms with Gasteiger partial charge >= 0.3 is 11.9 Å². The Bertz CT molecular complexity index is 525. The molecule has 0 aliphatic carbocycles. The maximum absolute atomic E-state index is 12.7. The highest BCUT2D eigenvalue weighted by Gasteiger charge is 2.29. The van der Waals surface area contributed by atoms with Crippen molar-refractivity contribution < 1.29 is 29.0 Å². The van der Waals surface area contributed by atoms with Gasteiger partial charge in [-0.1, -0.05) is 13.8 Å². The summed E-state index contributed by atoms with van der Waals surface area (Å²) in [4.78, 5) is 32.3. The molecule has 6 nitrogen and oxygen atoms in total. The second-order valence-electron chi connectivity index (χ2n) is 5.57. The topological polar surface area (TPSA) is 94.9 Å². The molecule has 1 rings (SSSR count). The van der Waals surface area contributed by atoms with Crippen LogP contribution in [0.25, 0.3) is 0 Å². The lowest BCUT2D eigenvalue weighted by molar-refractivity contribution is -0.159. The number of carbonyl (C=O) groups is 3. The molecule has 0 saturated carbocycles. The summed E-state index contributed by atoms with van der Waals surface area (Å²) in [6.45, 7) is 4.47. The fraction of sp³-hybridized carbons (Fsp3) is 0.400. The molecule has 0 fully saturated rings. The van der Waals surface area contributed by atoms with Crippen LogP contribution in [0.1, 0.15) is 24.2 Å². The van der Waals surface area contributed by atoms with E-state index in [1.165, 1.54) is 24.3 Å². The third kappa shape index (κ3) is 6.94. The first-order valence-corrected chi connectivity index (χ1v) is 6.38. The lowest BCUT2D eigenvalue weighted by Crippen LogP contribution is -2.35. The van der Waals surface area contributed by atoms with Crippen LogP contribution < -0.4 is 0 Å². The Balaban J connectivity index is 0.000000626. The zero-order valence-corrected chi connectivity index (χ0v) is 13.0. The number of aliphatic carboxylic acids is 2. The van der Waals surface area contributed by atoms with Gasteiger partial charge in [0.05, 0.1) is 0 Å². The van der Waals surface area contributed by atoms with Crippen molar-refractivity contribution in [1.82, 2.24) is 4.90 Å². The third-order valence-corrected chi connectivity index (χ3v) is 2.62. The van der Waals surface area contributed by atoms with Gasteiger partial charge in [0.15, 0.2) is 5.78 Å². The molecule has 7 heteroatoms. The highest BCUT2D eigenvalue weighted by molar-refractivity contribution is 6.27. The van der Waals surface area contributed by atoms with Gasteiger partial charge in [0.1, 0.15) is 5.82 Å². The van der Waals surface area contributed by atoms with Crippen molar-refractivity contribution in [3.05, 3.63) is 35.6 Å². The lowest BCUT2D eigenvalue weighted by atomic mass is 9.84. The number of nitrogens with zero attached hydrogens (tertiary/aromatic N) is 1. The van der Waals surface area contributed by atoms with E-state index < -0.39 is 17.4 Å². The largest absolute Gasteiger partial charge is 0.473 e. The number of hydrogen-bond acceptors (Lipinski definition) is 4. The van der Waals surface area contributed by atoms with Crippen LogP contribution >= 0.6 is 0 Å². The number of Topliss-reactive ketones (excluding diaryl/α,β-unsaturated/α-hetero) is 1. The zero-order chi connectivity index (χ0) is 17.5. The molecule has 0 saturated heterocycles. The zero-order valence-electron chi connectivity index (χ0n) is 13.0. The summed E-state index contributed by atoms with van der Waals surface area (Å²) < 4.78 is 12.7. The minimum atomic E-state index is -1.82. The average Bonchev–Trinajstić information content (AvgIpc) is 2.38. The van der Waals surface area contributed by atoms with E-state index in [1.54, 1.807) is 0 Å². The minimum Gasteiger partial charge on any atom is -0.473 e. The Morgan fingerprint density at radius 3 is 1.77 bits per heavy atom. The molecule has 0 bridgehead atoms.